The van der Waals surface area contributed by atoms with E-state index in [1.807, 2.05) is 35.9 Å². The molecular weight excluding hydrogens is 444 g/mol. The number of rotatable bonds is 12. The van der Waals surface area contributed by atoms with Gasteiger partial charge in [0.1, 0.15) is 17.6 Å². The van der Waals surface area contributed by atoms with E-state index >= 15 is 0 Å². The molecule has 0 unspecified atom stereocenters. The summed E-state index contributed by atoms with van der Waals surface area (Å²) in [6, 6.07) is 8.34. The van der Waals surface area contributed by atoms with Gasteiger partial charge < -0.3 is 24.7 Å². The number of methoxy groups -OCH3 is 1. The Balaban J connectivity index is 1.29. The van der Waals surface area contributed by atoms with E-state index < -0.39 is 0 Å². The van der Waals surface area contributed by atoms with Crippen LogP contribution in [0.15, 0.2) is 30.6 Å². The van der Waals surface area contributed by atoms with Crippen molar-refractivity contribution in [1.29, 1.82) is 0 Å². The molecule has 2 heterocycles. The smallest absolute Gasteiger partial charge is 0.305 e. The highest BCUT2D eigenvalue weighted by Crippen LogP contribution is 2.28. The van der Waals surface area contributed by atoms with Crippen LogP contribution < -0.4 is 15.4 Å². The van der Waals surface area contributed by atoms with E-state index in [2.05, 4.69) is 30.3 Å². The summed E-state index contributed by atoms with van der Waals surface area (Å²) in [5.41, 5.74) is 2.51. The summed E-state index contributed by atoms with van der Waals surface area (Å²) < 4.78 is 12.5. The third kappa shape index (κ3) is 6.83. The second-order valence-electron chi connectivity index (χ2n) is 9.11. The molecular formula is C26H36N6O3. The van der Waals surface area contributed by atoms with Gasteiger partial charge in [-0.25, -0.2) is 9.97 Å². The summed E-state index contributed by atoms with van der Waals surface area (Å²) >= 11 is 0. The zero-order valence-electron chi connectivity index (χ0n) is 20.8. The monoisotopic (exact) mass is 480 g/mol. The van der Waals surface area contributed by atoms with E-state index in [4.69, 9.17) is 4.74 Å². The first-order valence-electron chi connectivity index (χ1n) is 12.6. The maximum atomic E-state index is 11.1. The number of anilines is 3. The summed E-state index contributed by atoms with van der Waals surface area (Å²) in [7, 11) is 3.41. The van der Waals surface area contributed by atoms with Gasteiger partial charge in [-0.1, -0.05) is 32.1 Å². The first-order valence-corrected chi connectivity index (χ1v) is 12.6. The number of unbranched alkanes of at least 4 members (excludes halogenated alkanes) is 3. The summed E-state index contributed by atoms with van der Waals surface area (Å²) in [6.45, 7) is 0.658. The fraction of sp³-hybridized carbons (Fsp3) is 0.538. The van der Waals surface area contributed by atoms with Crippen LogP contribution in [0.5, 0.6) is 5.75 Å². The fourth-order valence-corrected chi connectivity index (χ4v) is 4.48. The van der Waals surface area contributed by atoms with Crippen LogP contribution in [0.4, 0.5) is 17.5 Å². The Bertz CT molecular complexity index is 1090. The molecule has 2 N–H and O–H groups in total. The van der Waals surface area contributed by atoms with Gasteiger partial charge >= 0.3 is 5.97 Å². The lowest BCUT2D eigenvalue weighted by Gasteiger charge is -2.23. The zero-order valence-corrected chi connectivity index (χ0v) is 20.8. The summed E-state index contributed by atoms with van der Waals surface area (Å²) in [6.07, 6.45) is 12.1. The minimum Gasteiger partial charge on any atom is -0.494 e. The Morgan fingerprint density at radius 1 is 1.06 bits per heavy atom. The van der Waals surface area contributed by atoms with Gasteiger partial charge in [0, 0.05) is 25.2 Å². The van der Waals surface area contributed by atoms with E-state index in [0.717, 1.165) is 48.5 Å². The fourth-order valence-electron chi connectivity index (χ4n) is 4.48. The summed E-state index contributed by atoms with van der Waals surface area (Å²) in [5, 5.41) is 7.00. The number of esters is 1. The molecule has 0 amide bonds. The second kappa shape index (κ2) is 12.4. The van der Waals surface area contributed by atoms with Gasteiger partial charge in [0.05, 0.1) is 13.7 Å². The lowest BCUT2D eigenvalue weighted by Crippen LogP contribution is -2.23. The molecule has 1 aromatic carbocycles. The number of benzene rings is 1. The predicted octanol–water partition coefficient (Wildman–Crippen LogP) is 5.35. The zero-order chi connectivity index (χ0) is 24.5. The minimum absolute atomic E-state index is 0.141. The number of aryl methyl sites for hydroxylation is 1. The van der Waals surface area contributed by atoms with Gasteiger partial charge in [-0.05, 0) is 49.9 Å². The van der Waals surface area contributed by atoms with E-state index in [1.165, 1.54) is 39.2 Å². The van der Waals surface area contributed by atoms with Crippen LogP contribution in [0.2, 0.25) is 0 Å². The molecule has 3 aromatic rings. The van der Waals surface area contributed by atoms with Crippen molar-refractivity contribution in [1.82, 2.24) is 19.5 Å². The van der Waals surface area contributed by atoms with Crippen LogP contribution >= 0.6 is 0 Å². The molecule has 9 heteroatoms. The number of carbonyl (C=O) groups excluding carboxylic acids is 1. The van der Waals surface area contributed by atoms with Crippen LogP contribution in [0.1, 0.15) is 64.2 Å². The van der Waals surface area contributed by atoms with Crippen molar-refractivity contribution < 1.29 is 14.3 Å². The van der Waals surface area contributed by atoms with Crippen molar-refractivity contribution in [3.8, 4) is 5.75 Å². The lowest BCUT2D eigenvalue weighted by molar-refractivity contribution is -0.140. The Kier molecular flexibility index (Phi) is 8.75. The first-order chi connectivity index (χ1) is 17.1. The highest BCUT2D eigenvalue weighted by molar-refractivity contribution is 5.86. The highest BCUT2D eigenvalue weighted by atomic mass is 16.5. The number of nitrogens with zero attached hydrogens (tertiary/aromatic N) is 4. The van der Waals surface area contributed by atoms with Crippen LogP contribution in [0.25, 0.3) is 11.2 Å². The van der Waals surface area contributed by atoms with Crippen molar-refractivity contribution in [3.05, 3.63) is 30.6 Å². The van der Waals surface area contributed by atoms with Gasteiger partial charge in [0.2, 0.25) is 5.95 Å². The number of carbonyl (C=O) groups is 1. The number of ether oxygens (including phenoxy) is 2. The van der Waals surface area contributed by atoms with Gasteiger partial charge in [0.15, 0.2) is 11.5 Å². The van der Waals surface area contributed by atoms with Crippen molar-refractivity contribution in [2.75, 3.05) is 24.4 Å². The topological polar surface area (TPSA) is 103 Å². The molecule has 0 radical (unpaired) electrons. The molecule has 0 saturated heterocycles. The number of imidazole rings is 1. The first kappa shape index (κ1) is 24.8. The molecule has 9 nitrogen and oxygen atoms in total. The third-order valence-corrected chi connectivity index (χ3v) is 6.50. The van der Waals surface area contributed by atoms with Gasteiger partial charge in [-0.3, -0.25) is 4.79 Å². The van der Waals surface area contributed by atoms with Gasteiger partial charge in [-0.2, -0.15) is 4.98 Å². The van der Waals surface area contributed by atoms with Crippen LogP contribution in [-0.4, -0.2) is 45.2 Å². The minimum atomic E-state index is -0.141. The van der Waals surface area contributed by atoms with Crippen molar-refractivity contribution in [2.24, 2.45) is 7.05 Å². The Hall–Kier alpha value is -3.36. The molecule has 0 aliphatic heterocycles. The molecule has 1 saturated carbocycles. The number of aromatic nitrogens is 4. The van der Waals surface area contributed by atoms with E-state index in [9.17, 15) is 4.79 Å². The molecule has 1 aliphatic carbocycles. The number of fused-ring (bicyclic) bond motifs is 1. The molecule has 35 heavy (non-hydrogen) atoms. The molecule has 0 atom stereocenters. The maximum Gasteiger partial charge on any atom is 0.305 e. The predicted molar refractivity (Wildman–Crippen MR) is 137 cm³/mol. The standard InChI is InChI=1S/C26H36N6O3/c1-32-23-24(29-19-10-6-5-7-11-19)27-18-28-25(23)31-26(32)30-20-13-15-21(16-14-20)35-17-9-4-3-8-12-22(33)34-2/h13-16,18-19H,3-12,17H2,1-2H3,(H2,27,28,29,30,31). The van der Waals surface area contributed by atoms with E-state index in [-0.39, 0.29) is 5.97 Å². The van der Waals surface area contributed by atoms with Crippen molar-refractivity contribution >= 4 is 34.6 Å². The van der Waals surface area contributed by atoms with Crippen LogP contribution in [0, 0.1) is 0 Å². The van der Waals surface area contributed by atoms with Crippen molar-refractivity contribution in [2.45, 2.75) is 70.3 Å². The summed E-state index contributed by atoms with van der Waals surface area (Å²) in [5.74, 6) is 2.25. The third-order valence-electron chi connectivity index (χ3n) is 6.50. The van der Waals surface area contributed by atoms with Gasteiger partial charge in [-0.15, -0.1) is 0 Å². The molecule has 4 rings (SSSR count). The van der Waals surface area contributed by atoms with Crippen LogP contribution in [0.3, 0.4) is 0 Å². The van der Waals surface area contributed by atoms with Crippen LogP contribution in [-0.2, 0) is 16.6 Å². The molecule has 0 spiro atoms. The molecule has 0 bridgehead atoms. The van der Waals surface area contributed by atoms with E-state index in [0.29, 0.717) is 30.7 Å². The van der Waals surface area contributed by atoms with Crippen molar-refractivity contribution in [3.63, 3.8) is 0 Å². The average Bonchev–Trinajstić information content (AvgIpc) is 3.20. The number of hydrogen-bond donors (Lipinski definition) is 2. The molecule has 1 fully saturated rings. The highest BCUT2D eigenvalue weighted by Gasteiger charge is 2.18. The molecule has 188 valence electrons. The number of nitrogens with one attached hydrogen (secondary N) is 2. The molecule has 2 aromatic heterocycles. The average molecular weight is 481 g/mol. The van der Waals surface area contributed by atoms with Gasteiger partial charge in [0.25, 0.3) is 0 Å². The Morgan fingerprint density at radius 2 is 1.83 bits per heavy atom. The maximum absolute atomic E-state index is 11.1. The van der Waals surface area contributed by atoms with E-state index in [1.54, 1.807) is 6.33 Å². The Labute approximate surface area is 206 Å². The summed E-state index contributed by atoms with van der Waals surface area (Å²) in [4.78, 5) is 24.7. The normalized spacial score (nSPS) is 14.1. The lowest BCUT2D eigenvalue weighted by atomic mass is 9.95. The Morgan fingerprint density at radius 3 is 2.60 bits per heavy atom. The second-order valence-corrected chi connectivity index (χ2v) is 9.11. The SMILES string of the molecule is COC(=O)CCCCCCOc1ccc(Nc2nc3ncnc(NC4CCCCC4)c3n2C)cc1. The molecule has 1 aliphatic rings. The quantitative estimate of drug-likeness (QED) is 0.264. The largest absolute Gasteiger partial charge is 0.494 e. The number of hydrogen-bond acceptors (Lipinski definition) is 8.